The second kappa shape index (κ2) is 8.57. The fourth-order valence-corrected chi connectivity index (χ4v) is 4.58. The van der Waals surface area contributed by atoms with E-state index in [1.165, 1.54) is 13.5 Å². The number of halogens is 1. The Kier molecular flexibility index (Phi) is 5.90. The smallest absolute Gasteiger partial charge is 0.329 e. The van der Waals surface area contributed by atoms with Gasteiger partial charge in [-0.25, -0.2) is 9.78 Å². The van der Waals surface area contributed by atoms with Gasteiger partial charge in [0.1, 0.15) is 6.04 Å². The SMILES string of the molecule is COC(=O)C1Cc2ncn(Cc3ccc(Cl)cc3)c2CN1C(=O)C1CCCCC1. The van der Waals surface area contributed by atoms with Crippen LogP contribution in [0.25, 0.3) is 0 Å². The molecule has 6 nitrogen and oxygen atoms in total. The van der Waals surface area contributed by atoms with Crippen LogP contribution in [-0.4, -0.2) is 39.5 Å². The number of carbonyl (C=O) groups excluding carboxylic acids is 2. The Morgan fingerprint density at radius 3 is 2.59 bits per heavy atom. The van der Waals surface area contributed by atoms with E-state index in [0.717, 1.165) is 42.6 Å². The van der Waals surface area contributed by atoms with Gasteiger partial charge in [0.15, 0.2) is 0 Å². The average molecular weight is 416 g/mol. The van der Waals surface area contributed by atoms with E-state index < -0.39 is 6.04 Å². The van der Waals surface area contributed by atoms with Crippen LogP contribution in [0.15, 0.2) is 30.6 Å². The van der Waals surface area contributed by atoms with Crippen LogP contribution in [0.4, 0.5) is 0 Å². The third kappa shape index (κ3) is 4.17. The second-order valence-electron chi connectivity index (χ2n) is 7.94. The highest BCUT2D eigenvalue weighted by Gasteiger charge is 2.40. The number of amides is 1. The Morgan fingerprint density at radius 2 is 1.90 bits per heavy atom. The molecule has 2 aromatic rings. The number of esters is 1. The van der Waals surface area contributed by atoms with Gasteiger partial charge in [0.05, 0.1) is 31.4 Å². The van der Waals surface area contributed by atoms with Gasteiger partial charge in [0.25, 0.3) is 0 Å². The summed E-state index contributed by atoms with van der Waals surface area (Å²) >= 11 is 5.99. The van der Waals surface area contributed by atoms with Gasteiger partial charge >= 0.3 is 5.97 Å². The van der Waals surface area contributed by atoms with Gasteiger partial charge in [-0.3, -0.25) is 4.79 Å². The van der Waals surface area contributed by atoms with E-state index >= 15 is 0 Å². The first-order valence-electron chi connectivity index (χ1n) is 10.2. The van der Waals surface area contributed by atoms with E-state index in [0.29, 0.717) is 24.5 Å². The molecule has 154 valence electrons. The van der Waals surface area contributed by atoms with Crippen LogP contribution < -0.4 is 0 Å². The van der Waals surface area contributed by atoms with Crippen LogP contribution >= 0.6 is 11.6 Å². The molecule has 2 aliphatic rings. The number of hydrogen-bond acceptors (Lipinski definition) is 4. The summed E-state index contributed by atoms with van der Waals surface area (Å²) in [7, 11) is 1.38. The standard InChI is InChI=1S/C22H26ClN3O3/c1-29-22(28)19-11-18-20(13-26(19)21(27)16-5-3-2-4-6-16)25(14-24-18)12-15-7-9-17(23)10-8-15/h7-10,14,16,19H,2-6,11-13H2,1H3. The molecule has 1 fully saturated rings. The number of hydrogen-bond donors (Lipinski definition) is 0. The maximum atomic E-state index is 13.3. The molecule has 1 aromatic carbocycles. The summed E-state index contributed by atoms with van der Waals surface area (Å²) in [5.74, 6) is -0.290. The molecule has 0 spiro atoms. The largest absolute Gasteiger partial charge is 0.467 e. The molecule has 29 heavy (non-hydrogen) atoms. The number of imidazole rings is 1. The third-order valence-electron chi connectivity index (χ3n) is 6.09. The molecule has 1 aromatic heterocycles. The Bertz CT molecular complexity index is 887. The fourth-order valence-electron chi connectivity index (χ4n) is 4.45. The summed E-state index contributed by atoms with van der Waals surface area (Å²) in [4.78, 5) is 32.0. The summed E-state index contributed by atoms with van der Waals surface area (Å²) in [5.41, 5.74) is 2.96. The maximum Gasteiger partial charge on any atom is 0.329 e. The molecule has 2 heterocycles. The Labute approximate surface area is 175 Å². The predicted molar refractivity (Wildman–Crippen MR) is 109 cm³/mol. The van der Waals surface area contributed by atoms with Crippen molar-refractivity contribution in [2.75, 3.05) is 7.11 Å². The first kappa shape index (κ1) is 20.0. The molecule has 0 N–H and O–H groups in total. The summed E-state index contributed by atoms with van der Waals surface area (Å²) in [6, 6.07) is 7.11. The molecule has 1 saturated carbocycles. The molecular weight excluding hydrogens is 390 g/mol. The lowest BCUT2D eigenvalue weighted by Gasteiger charge is -2.37. The summed E-state index contributed by atoms with van der Waals surface area (Å²) in [5, 5.41) is 0.701. The van der Waals surface area contributed by atoms with Crippen molar-refractivity contribution < 1.29 is 14.3 Å². The zero-order valence-corrected chi connectivity index (χ0v) is 17.4. The lowest BCUT2D eigenvalue weighted by atomic mass is 9.87. The van der Waals surface area contributed by atoms with Crippen molar-refractivity contribution in [3.8, 4) is 0 Å². The third-order valence-corrected chi connectivity index (χ3v) is 6.34. The van der Waals surface area contributed by atoms with E-state index in [-0.39, 0.29) is 17.8 Å². The van der Waals surface area contributed by atoms with Crippen LogP contribution in [0, 0.1) is 5.92 Å². The van der Waals surface area contributed by atoms with Gasteiger partial charge in [0.2, 0.25) is 5.91 Å². The Hall–Kier alpha value is -2.34. The number of aromatic nitrogens is 2. The first-order chi connectivity index (χ1) is 14.1. The van der Waals surface area contributed by atoms with E-state index in [2.05, 4.69) is 9.55 Å². The molecule has 1 aliphatic heterocycles. The summed E-state index contributed by atoms with van der Waals surface area (Å²) in [6.45, 7) is 1.03. The van der Waals surface area contributed by atoms with Gasteiger partial charge in [-0.05, 0) is 30.5 Å². The van der Waals surface area contributed by atoms with Gasteiger partial charge in [-0.1, -0.05) is 43.0 Å². The molecule has 0 saturated heterocycles. The minimum absolute atomic E-state index is 0.00472. The molecule has 1 amide bonds. The first-order valence-corrected chi connectivity index (χ1v) is 10.6. The highest BCUT2D eigenvalue weighted by Crippen LogP contribution is 2.30. The molecule has 1 unspecified atom stereocenters. The maximum absolute atomic E-state index is 13.3. The number of benzene rings is 1. The van der Waals surface area contributed by atoms with Crippen LogP contribution in [-0.2, 0) is 33.8 Å². The van der Waals surface area contributed by atoms with Gasteiger partial charge in [-0.15, -0.1) is 0 Å². The highest BCUT2D eigenvalue weighted by molar-refractivity contribution is 6.30. The van der Waals surface area contributed by atoms with Crippen molar-refractivity contribution in [1.29, 1.82) is 0 Å². The van der Waals surface area contributed by atoms with Crippen LogP contribution in [0.1, 0.15) is 49.1 Å². The van der Waals surface area contributed by atoms with E-state index in [1.807, 2.05) is 24.3 Å². The van der Waals surface area contributed by atoms with Crippen molar-refractivity contribution in [3.63, 3.8) is 0 Å². The zero-order chi connectivity index (χ0) is 20.4. The Balaban J connectivity index is 1.60. The Morgan fingerprint density at radius 1 is 1.17 bits per heavy atom. The summed E-state index contributed by atoms with van der Waals surface area (Å²) < 4.78 is 7.07. The van der Waals surface area contributed by atoms with Crippen molar-refractivity contribution in [3.05, 3.63) is 52.6 Å². The number of carbonyl (C=O) groups is 2. The number of ether oxygens (including phenoxy) is 1. The molecule has 1 atom stereocenters. The van der Waals surface area contributed by atoms with Gasteiger partial charge in [0, 0.05) is 23.9 Å². The quantitative estimate of drug-likeness (QED) is 0.716. The number of fused-ring (bicyclic) bond motifs is 1. The van der Waals surface area contributed by atoms with Crippen molar-refractivity contribution in [1.82, 2.24) is 14.5 Å². The number of rotatable bonds is 4. The minimum atomic E-state index is -0.596. The highest BCUT2D eigenvalue weighted by atomic mass is 35.5. The van der Waals surface area contributed by atoms with Crippen LogP contribution in [0.3, 0.4) is 0 Å². The molecule has 7 heteroatoms. The predicted octanol–water partition coefficient (Wildman–Crippen LogP) is 3.59. The fraction of sp³-hybridized carbons (Fsp3) is 0.500. The van der Waals surface area contributed by atoms with Crippen LogP contribution in [0.5, 0.6) is 0 Å². The lowest BCUT2D eigenvalue weighted by molar-refractivity contribution is -0.156. The topological polar surface area (TPSA) is 64.4 Å². The van der Waals surface area contributed by atoms with E-state index in [1.54, 1.807) is 11.2 Å². The molecule has 0 radical (unpaired) electrons. The van der Waals surface area contributed by atoms with Crippen LogP contribution in [0.2, 0.25) is 5.02 Å². The molecule has 1 aliphatic carbocycles. The number of methoxy groups -OCH3 is 1. The minimum Gasteiger partial charge on any atom is -0.467 e. The van der Waals surface area contributed by atoms with Crippen molar-refractivity contribution in [2.45, 2.75) is 57.7 Å². The molecule has 4 rings (SSSR count). The molecule has 0 bridgehead atoms. The summed E-state index contributed by atoms with van der Waals surface area (Å²) in [6.07, 6.45) is 7.33. The van der Waals surface area contributed by atoms with Crippen molar-refractivity contribution in [2.24, 2.45) is 5.92 Å². The van der Waals surface area contributed by atoms with Gasteiger partial charge < -0.3 is 14.2 Å². The van der Waals surface area contributed by atoms with Gasteiger partial charge in [-0.2, -0.15) is 0 Å². The monoisotopic (exact) mass is 415 g/mol. The normalized spacial score (nSPS) is 19.7. The zero-order valence-electron chi connectivity index (χ0n) is 16.6. The van der Waals surface area contributed by atoms with E-state index in [4.69, 9.17) is 16.3 Å². The van der Waals surface area contributed by atoms with Crippen molar-refractivity contribution >= 4 is 23.5 Å². The second-order valence-corrected chi connectivity index (χ2v) is 8.37. The number of nitrogens with zero attached hydrogens (tertiary/aromatic N) is 3. The molecular formula is C22H26ClN3O3. The lowest BCUT2D eigenvalue weighted by Crippen LogP contribution is -2.51. The van der Waals surface area contributed by atoms with E-state index in [9.17, 15) is 9.59 Å². The average Bonchev–Trinajstić information content (AvgIpc) is 3.15.